The van der Waals surface area contributed by atoms with Gasteiger partial charge in [-0.3, -0.25) is 4.79 Å². The molecule has 3 fully saturated rings. The lowest BCUT2D eigenvalue weighted by Gasteiger charge is -2.34. The molecule has 2 saturated carbocycles. The average Bonchev–Trinajstić information content (AvgIpc) is 3.86. The van der Waals surface area contributed by atoms with Crippen molar-refractivity contribution in [3.63, 3.8) is 0 Å². The van der Waals surface area contributed by atoms with Crippen LogP contribution < -0.4 is 14.8 Å². The van der Waals surface area contributed by atoms with Gasteiger partial charge in [-0.05, 0) is 61.5 Å². The predicted molar refractivity (Wildman–Crippen MR) is 157 cm³/mol. The first-order valence-corrected chi connectivity index (χ1v) is 15.5. The molecule has 3 heterocycles. The third-order valence-corrected chi connectivity index (χ3v) is 9.65. The summed E-state index contributed by atoms with van der Waals surface area (Å²) in [6.45, 7) is 7.48. The highest BCUT2D eigenvalue weighted by atomic mass is 16.6. The maximum atomic E-state index is 14.1. The molecule has 2 aliphatic heterocycles. The lowest BCUT2D eigenvalue weighted by molar-refractivity contribution is -0.151. The van der Waals surface area contributed by atoms with E-state index in [9.17, 15) is 19.5 Å². The second-order valence-electron chi connectivity index (χ2n) is 13.7. The number of rotatable bonds is 3. The number of benzene rings is 1. The number of amides is 2. The quantitative estimate of drug-likeness (QED) is 0.525. The number of nitrogens with zero attached hydrogens (tertiary/aromatic N) is 3. The minimum Gasteiger partial charge on any atom is -0.497 e. The fourth-order valence-electron chi connectivity index (χ4n) is 6.98. The molecule has 2 aromatic rings. The number of hydrogen-bond acceptors (Lipinski definition) is 8. The number of aliphatic carboxylic acids is 1. The topological polar surface area (TPSA) is 140 Å². The molecular weight excluding hydrogens is 552 g/mol. The number of fused-ring (bicyclic) bond motifs is 7. The summed E-state index contributed by atoms with van der Waals surface area (Å²) < 4.78 is 17.7. The molecule has 1 aromatic heterocycles. The number of methoxy groups -OCH3 is 1. The predicted octanol–water partition coefficient (Wildman–Crippen LogP) is 4.52. The molecule has 2 amide bonds. The molecule has 232 valence electrons. The van der Waals surface area contributed by atoms with Gasteiger partial charge in [0.05, 0.1) is 24.7 Å². The van der Waals surface area contributed by atoms with E-state index in [1.165, 1.54) is 4.90 Å². The van der Waals surface area contributed by atoms with Crippen molar-refractivity contribution in [2.24, 2.45) is 23.2 Å². The number of carboxylic acid groups (broad SMARTS) is 1. The van der Waals surface area contributed by atoms with Crippen LogP contribution in [0.3, 0.4) is 0 Å². The van der Waals surface area contributed by atoms with Gasteiger partial charge < -0.3 is 29.5 Å². The molecule has 11 nitrogen and oxygen atoms in total. The molecule has 2 bridgehead atoms. The van der Waals surface area contributed by atoms with Crippen LogP contribution in [-0.4, -0.2) is 75.9 Å². The van der Waals surface area contributed by atoms with Crippen LogP contribution in [0.1, 0.15) is 77.8 Å². The van der Waals surface area contributed by atoms with Gasteiger partial charge in [0.2, 0.25) is 11.8 Å². The Balaban J connectivity index is 1.40. The van der Waals surface area contributed by atoms with Crippen molar-refractivity contribution in [3.8, 4) is 11.6 Å². The zero-order valence-corrected chi connectivity index (χ0v) is 25.5. The Morgan fingerprint density at radius 3 is 2.56 bits per heavy atom. The molecule has 43 heavy (non-hydrogen) atoms. The van der Waals surface area contributed by atoms with Crippen molar-refractivity contribution in [3.05, 3.63) is 23.9 Å². The molecule has 4 aliphatic rings. The van der Waals surface area contributed by atoms with Crippen LogP contribution in [0.15, 0.2) is 18.2 Å². The van der Waals surface area contributed by atoms with E-state index in [4.69, 9.17) is 24.2 Å². The molecule has 0 spiro atoms. The second-order valence-corrected chi connectivity index (χ2v) is 13.7. The Kier molecular flexibility index (Phi) is 7.62. The van der Waals surface area contributed by atoms with E-state index in [-0.39, 0.29) is 18.6 Å². The molecule has 2 aliphatic carbocycles. The number of aromatic nitrogens is 2. The van der Waals surface area contributed by atoms with Gasteiger partial charge in [-0.2, -0.15) is 0 Å². The average molecular weight is 595 g/mol. The highest BCUT2D eigenvalue weighted by Crippen LogP contribution is 2.53. The fraction of sp³-hybridized carbons (Fsp3) is 0.656. The molecule has 8 atom stereocenters. The lowest BCUT2D eigenvalue weighted by Crippen LogP contribution is -2.57. The Morgan fingerprint density at radius 2 is 1.86 bits per heavy atom. The van der Waals surface area contributed by atoms with Crippen molar-refractivity contribution in [2.45, 2.75) is 96.4 Å². The third-order valence-electron chi connectivity index (χ3n) is 9.65. The van der Waals surface area contributed by atoms with E-state index in [2.05, 4.69) is 5.32 Å². The highest BCUT2D eigenvalue weighted by molar-refractivity contribution is 5.90. The van der Waals surface area contributed by atoms with Gasteiger partial charge in [-0.15, -0.1) is 0 Å². The van der Waals surface area contributed by atoms with Crippen LogP contribution in [-0.2, 0) is 14.3 Å². The van der Waals surface area contributed by atoms with Crippen LogP contribution in [0.2, 0.25) is 0 Å². The van der Waals surface area contributed by atoms with Gasteiger partial charge >= 0.3 is 12.1 Å². The minimum atomic E-state index is -1.12. The number of hydrogen-bond donors (Lipinski definition) is 2. The number of nitrogens with one attached hydrogen (secondary N) is 1. The lowest BCUT2D eigenvalue weighted by atomic mass is 9.85. The van der Waals surface area contributed by atoms with Crippen molar-refractivity contribution >= 4 is 29.0 Å². The van der Waals surface area contributed by atoms with Crippen LogP contribution in [0.5, 0.6) is 11.6 Å². The smallest absolute Gasteiger partial charge is 0.408 e. The monoisotopic (exact) mass is 594 g/mol. The molecular formula is C32H42N4O7. The van der Waals surface area contributed by atoms with Gasteiger partial charge in [0, 0.05) is 17.9 Å². The summed E-state index contributed by atoms with van der Waals surface area (Å²) >= 11 is 0. The van der Waals surface area contributed by atoms with E-state index in [1.54, 1.807) is 7.11 Å². The highest BCUT2D eigenvalue weighted by Gasteiger charge is 2.52. The van der Waals surface area contributed by atoms with E-state index in [0.29, 0.717) is 35.4 Å². The molecule has 2 N–H and O–H groups in total. The van der Waals surface area contributed by atoms with Gasteiger partial charge in [-0.25, -0.2) is 19.6 Å². The Morgan fingerprint density at radius 1 is 1.09 bits per heavy atom. The molecule has 11 heteroatoms. The van der Waals surface area contributed by atoms with Crippen molar-refractivity contribution in [1.82, 2.24) is 20.2 Å². The zero-order chi connectivity index (χ0) is 30.6. The zero-order valence-electron chi connectivity index (χ0n) is 25.5. The molecule has 1 unspecified atom stereocenters. The Labute approximate surface area is 251 Å². The van der Waals surface area contributed by atoms with Crippen molar-refractivity contribution < 1.29 is 33.7 Å². The second kappa shape index (κ2) is 11.1. The van der Waals surface area contributed by atoms with Gasteiger partial charge in [-0.1, -0.05) is 34.1 Å². The summed E-state index contributed by atoms with van der Waals surface area (Å²) in [6, 6.07) is 3.47. The van der Waals surface area contributed by atoms with Crippen LogP contribution in [0, 0.1) is 23.2 Å². The molecule has 6 rings (SSSR count). The number of alkyl carbamates (subject to hydrolysis) is 1. The largest absolute Gasteiger partial charge is 0.497 e. The molecule has 1 aromatic carbocycles. The molecule has 0 radical (unpaired) electrons. The van der Waals surface area contributed by atoms with Crippen molar-refractivity contribution in [1.29, 1.82) is 0 Å². The summed E-state index contributed by atoms with van der Waals surface area (Å²) in [7, 11) is 1.60. The first kappa shape index (κ1) is 29.4. The number of carbonyl (C=O) groups excluding carboxylic acids is 2. The number of carbonyl (C=O) groups is 3. The van der Waals surface area contributed by atoms with Gasteiger partial charge in [0.25, 0.3) is 0 Å². The standard InChI is InChI=1S/C32H42N4O7/c1-6-19-24-15-36(26(19)30(38)39)29(37)27(32(2,3)4)35-31(40)43-23-13-17(23)9-7-8-16-12-20(16)25-28(42-24)34-22-14-18(41-5)10-11-21(22)33-25/h10-11,14,16-17,19-20,23-24,26-27H,6-9,12-13,15H2,1-5H3,(H,35,40)(H,38,39)/t16-,17?,19-,20-,23-,24+,26+,27-/m1/s1. The van der Waals surface area contributed by atoms with Crippen molar-refractivity contribution in [2.75, 3.05) is 13.7 Å². The van der Waals surface area contributed by atoms with E-state index in [1.807, 2.05) is 45.9 Å². The number of ether oxygens (including phenoxy) is 3. The first-order valence-electron chi connectivity index (χ1n) is 15.5. The van der Waals surface area contributed by atoms with Crippen LogP contribution >= 0.6 is 0 Å². The summed E-state index contributed by atoms with van der Waals surface area (Å²) in [5.41, 5.74) is 1.47. The maximum Gasteiger partial charge on any atom is 0.408 e. The SMILES string of the molecule is CC[C@@H]1[C@@H]2CN(C(=O)[C@H](C(C)(C)C)NC(=O)O[C@@H]3CC3CCC[C@@H]3C[C@H]3c3nc4ccc(OC)cc4nc3O2)[C@@H]1C(=O)O. The normalized spacial score (nSPS) is 32.6. The fourth-order valence-corrected chi connectivity index (χ4v) is 6.98. The first-order chi connectivity index (χ1) is 20.5. The van der Waals surface area contributed by atoms with Crippen LogP contribution in [0.4, 0.5) is 4.79 Å². The van der Waals surface area contributed by atoms with Crippen LogP contribution in [0.25, 0.3) is 11.0 Å². The minimum absolute atomic E-state index is 0.0493. The Hall–Kier alpha value is -3.63. The number of carboxylic acids is 1. The Bertz CT molecular complexity index is 1420. The van der Waals surface area contributed by atoms with E-state index in [0.717, 1.165) is 43.3 Å². The van der Waals surface area contributed by atoms with E-state index < -0.39 is 47.5 Å². The van der Waals surface area contributed by atoms with Gasteiger partial charge in [0.15, 0.2) is 0 Å². The summed E-state index contributed by atoms with van der Waals surface area (Å²) in [5.74, 6) is -0.0431. The summed E-state index contributed by atoms with van der Waals surface area (Å²) in [4.78, 5) is 51.0. The summed E-state index contributed by atoms with van der Waals surface area (Å²) in [5, 5.41) is 13.1. The van der Waals surface area contributed by atoms with E-state index >= 15 is 0 Å². The maximum absolute atomic E-state index is 14.1. The van der Waals surface area contributed by atoms with Gasteiger partial charge in [0.1, 0.15) is 35.7 Å². The third kappa shape index (κ3) is 5.82. The summed E-state index contributed by atoms with van der Waals surface area (Å²) in [6.07, 6.45) is 3.91. The molecule has 1 saturated heterocycles.